The van der Waals surface area contributed by atoms with Crippen LogP contribution in [0, 0.1) is 0 Å². The first-order valence-corrected chi connectivity index (χ1v) is 6.44. The molecule has 0 bridgehead atoms. The summed E-state index contributed by atoms with van der Waals surface area (Å²) in [6.45, 7) is 0. The minimum atomic E-state index is -0.681. The molecular formula is C13H15BrO2. The second-order valence-electron chi connectivity index (χ2n) is 4.43. The number of rotatable bonds is 2. The Balaban J connectivity index is 2.47. The highest BCUT2D eigenvalue weighted by atomic mass is 79.9. The van der Waals surface area contributed by atoms with E-state index in [1.807, 2.05) is 24.3 Å². The van der Waals surface area contributed by atoms with E-state index in [0.717, 1.165) is 42.1 Å². The van der Waals surface area contributed by atoms with E-state index in [2.05, 4.69) is 15.9 Å². The molecule has 1 aromatic rings. The van der Waals surface area contributed by atoms with Gasteiger partial charge in [0.15, 0.2) is 0 Å². The Morgan fingerprint density at radius 2 is 1.81 bits per heavy atom. The van der Waals surface area contributed by atoms with Gasteiger partial charge in [0.1, 0.15) is 0 Å². The lowest BCUT2D eigenvalue weighted by atomic mass is 9.69. The van der Waals surface area contributed by atoms with Crippen LogP contribution in [0.3, 0.4) is 0 Å². The predicted molar refractivity (Wildman–Crippen MR) is 66.5 cm³/mol. The highest BCUT2D eigenvalue weighted by molar-refractivity contribution is 9.10. The highest BCUT2D eigenvalue weighted by Crippen LogP contribution is 2.42. The summed E-state index contributed by atoms with van der Waals surface area (Å²) in [4.78, 5) is 11.6. The van der Waals surface area contributed by atoms with Gasteiger partial charge in [0.2, 0.25) is 0 Å². The topological polar surface area (TPSA) is 37.3 Å². The lowest BCUT2D eigenvalue weighted by molar-refractivity contribution is -0.145. The van der Waals surface area contributed by atoms with E-state index in [1.165, 1.54) is 0 Å². The molecule has 1 aromatic carbocycles. The number of hydrogen-bond acceptors (Lipinski definition) is 1. The van der Waals surface area contributed by atoms with Crippen LogP contribution in [0.1, 0.15) is 37.7 Å². The fourth-order valence-corrected chi connectivity index (χ4v) is 3.27. The van der Waals surface area contributed by atoms with Gasteiger partial charge in [-0.1, -0.05) is 53.4 Å². The van der Waals surface area contributed by atoms with Gasteiger partial charge in [0.25, 0.3) is 0 Å². The molecule has 1 N–H and O–H groups in total. The lowest BCUT2D eigenvalue weighted by Crippen LogP contribution is -2.38. The molecule has 0 unspecified atom stereocenters. The van der Waals surface area contributed by atoms with E-state index in [0.29, 0.717) is 0 Å². The molecule has 2 nitrogen and oxygen atoms in total. The van der Waals surface area contributed by atoms with Crippen LogP contribution in [0.4, 0.5) is 0 Å². The van der Waals surface area contributed by atoms with E-state index in [4.69, 9.17) is 0 Å². The molecule has 1 aliphatic carbocycles. The summed E-state index contributed by atoms with van der Waals surface area (Å²) in [7, 11) is 0. The maximum atomic E-state index is 11.6. The number of carboxylic acids is 1. The number of carboxylic acid groups (broad SMARTS) is 1. The Kier molecular flexibility index (Phi) is 3.33. The van der Waals surface area contributed by atoms with Crippen LogP contribution < -0.4 is 0 Å². The molecule has 0 amide bonds. The first-order valence-electron chi connectivity index (χ1n) is 5.65. The van der Waals surface area contributed by atoms with Gasteiger partial charge < -0.3 is 5.11 Å². The maximum absolute atomic E-state index is 11.6. The summed E-state index contributed by atoms with van der Waals surface area (Å²) in [5.74, 6) is -0.681. The third kappa shape index (κ3) is 1.88. The van der Waals surface area contributed by atoms with Crippen molar-refractivity contribution in [3.63, 3.8) is 0 Å². The number of aliphatic carboxylic acids is 1. The molecule has 86 valence electrons. The average Bonchev–Trinajstić information content (AvgIpc) is 2.30. The number of carbonyl (C=O) groups is 1. The fourth-order valence-electron chi connectivity index (χ4n) is 2.60. The molecule has 0 aliphatic heterocycles. The lowest BCUT2D eigenvalue weighted by Gasteiger charge is -2.34. The van der Waals surface area contributed by atoms with Crippen LogP contribution >= 0.6 is 15.9 Å². The summed E-state index contributed by atoms with van der Waals surface area (Å²) in [5, 5.41) is 9.55. The minimum absolute atomic E-state index is 0.668. The summed E-state index contributed by atoms with van der Waals surface area (Å²) in [6.07, 6.45) is 4.68. The molecule has 3 heteroatoms. The van der Waals surface area contributed by atoms with E-state index in [9.17, 15) is 9.90 Å². The van der Waals surface area contributed by atoms with E-state index in [-0.39, 0.29) is 0 Å². The van der Waals surface area contributed by atoms with Crippen molar-refractivity contribution in [1.82, 2.24) is 0 Å². The summed E-state index contributed by atoms with van der Waals surface area (Å²) >= 11 is 3.47. The Morgan fingerprint density at radius 1 is 1.19 bits per heavy atom. The quantitative estimate of drug-likeness (QED) is 0.897. The van der Waals surface area contributed by atoms with Gasteiger partial charge in [-0.2, -0.15) is 0 Å². The second kappa shape index (κ2) is 4.58. The highest BCUT2D eigenvalue weighted by Gasteiger charge is 2.42. The first kappa shape index (κ1) is 11.6. The van der Waals surface area contributed by atoms with Crippen molar-refractivity contribution in [2.45, 2.75) is 37.5 Å². The third-order valence-corrected chi connectivity index (χ3v) is 4.20. The Morgan fingerprint density at radius 3 is 2.38 bits per heavy atom. The summed E-state index contributed by atoms with van der Waals surface area (Å²) in [6, 6.07) is 7.70. The van der Waals surface area contributed by atoms with Crippen LogP contribution in [0.15, 0.2) is 28.7 Å². The molecule has 0 spiro atoms. The minimum Gasteiger partial charge on any atom is -0.481 e. The number of halogens is 1. The zero-order chi connectivity index (χ0) is 11.6. The molecule has 0 radical (unpaired) electrons. The van der Waals surface area contributed by atoms with Gasteiger partial charge in [-0.15, -0.1) is 0 Å². The molecule has 0 atom stereocenters. The van der Waals surface area contributed by atoms with Crippen LogP contribution in [-0.2, 0) is 10.2 Å². The SMILES string of the molecule is O=C(O)C1(c2ccccc2Br)CCCCC1. The smallest absolute Gasteiger partial charge is 0.314 e. The molecule has 0 saturated heterocycles. The normalized spacial score (nSPS) is 19.3. The van der Waals surface area contributed by atoms with Crippen LogP contribution in [0.2, 0.25) is 0 Å². The standard InChI is InChI=1S/C13H15BrO2/c14-11-7-3-2-6-10(11)13(12(15)16)8-4-1-5-9-13/h2-3,6-7H,1,4-5,8-9H2,(H,15,16). The molecule has 0 heterocycles. The van der Waals surface area contributed by atoms with Crippen molar-refractivity contribution >= 4 is 21.9 Å². The second-order valence-corrected chi connectivity index (χ2v) is 5.28. The van der Waals surface area contributed by atoms with Gasteiger partial charge in [-0.3, -0.25) is 4.79 Å². The maximum Gasteiger partial charge on any atom is 0.314 e. The zero-order valence-corrected chi connectivity index (χ0v) is 10.7. The van der Waals surface area contributed by atoms with Crippen molar-refractivity contribution in [3.05, 3.63) is 34.3 Å². The van der Waals surface area contributed by atoms with Crippen molar-refractivity contribution in [1.29, 1.82) is 0 Å². The van der Waals surface area contributed by atoms with Gasteiger partial charge in [-0.05, 0) is 24.5 Å². The van der Waals surface area contributed by atoms with Crippen LogP contribution in [0.25, 0.3) is 0 Å². The largest absolute Gasteiger partial charge is 0.481 e. The van der Waals surface area contributed by atoms with Crippen LogP contribution in [-0.4, -0.2) is 11.1 Å². The predicted octanol–water partition coefficient (Wildman–Crippen LogP) is 3.74. The zero-order valence-electron chi connectivity index (χ0n) is 9.08. The van der Waals surface area contributed by atoms with E-state index in [1.54, 1.807) is 0 Å². The average molecular weight is 283 g/mol. The fraction of sp³-hybridized carbons (Fsp3) is 0.462. The molecule has 2 rings (SSSR count). The molecule has 1 saturated carbocycles. The molecule has 0 aromatic heterocycles. The van der Waals surface area contributed by atoms with Crippen molar-refractivity contribution in [2.24, 2.45) is 0 Å². The first-order chi connectivity index (χ1) is 7.67. The Bertz CT molecular complexity index is 395. The van der Waals surface area contributed by atoms with Gasteiger partial charge >= 0.3 is 5.97 Å². The third-order valence-electron chi connectivity index (χ3n) is 3.51. The number of benzene rings is 1. The van der Waals surface area contributed by atoms with Crippen LogP contribution in [0.5, 0.6) is 0 Å². The summed E-state index contributed by atoms with van der Waals surface area (Å²) < 4.78 is 0.916. The monoisotopic (exact) mass is 282 g/mol. The van der Waals surface area contributed by atoms with Crippen molar-refractivity contribution < 1.29 is 9.90 Å². The number of hydrogen-bond donors (Lipinski definition) is 1. The van der Waals surface area contributed by atoms with Crippen molar-refractivity contribution in [2.75, 3.05) is 0 Å². The Hall–Kier alpha value is -0.830. The molecular weight excluding hydrogens is 268 g/mol. The summed E-state index contributed by atoms with van der Waals surface area (Å²) in [5.41, 5.74) is 0.264. The van der Waals surface area contributed by atoms with E-state index >= 15 is 0 Å². The van der Waals surface area contributed by atoms with Gasteiger partial charge in [0.05, 0.1) is 5.41 Å². The van der Waals surface area contributed by atoms with Gasteiger partial charge in [-0.25, -0.2) is 0 Å². The van der Waals surface area contributed by atoms with Crippen molar-refractivity contribution in [3.8, 4) is 0 Å². The molecule has 16 heavy (non-hydrogen) atoms. The molecule has 1 aliphatic rings. The van der Waals surface area contributed by atoms with Gasteiger partial charge in [0, 0.05) is 4.47 Å². The molecule has 1 fully saturated rings. The van der Waals surface area contributed by atoms with E-state index < -0.39 is 11.4 Å². The Labute approximate surface area is 104 Å².